The Hall–Kier alpha value is -0.830. The highest BCUT2D eigenvalue weighted by atomic mass is 79.9. The summed E-state index contributed by atoms with van der Waals surface area (Å²) < 4.78 is 6.35. The molecule has 13 heavy (non-hydrogen) atoms. The van der Waals surface area contributed by atoms with E-state index < -0.39 is 0 Å². The Bertz CT molecular complexity index is 433. The third-order valence-corrected chi connectivity index (χ3v) is 2.63. The van der Waals surface area contributed by atoms with Gasteiger partial charge in [-0.1, -0.05) is 13.8 Å². The Kier molecular flexibility index (Phi) is 2.12. The number of pyridine rings is 1. The lowest BCUT2D eigenvalue weighted by atomic mass is 10.0. The van der Waals surface area contributed by atoms with Crippen LogP contribution >= 0.6 is 15.9 Å². The molecule has 2 nitrogen and oxygen atoms in total. The molecule has 3 heteroatoms. The Labute approximate surface area is 85.1 Å². The minimum Gasteiger partial charge on any atom is -0.461 e. The second kappa shape index (κ2) is 3.14. The van der Waals surface area contributed by atoms with Crippen LogP contribution in [0.25, 0.3) is 11.1 Å². The molecule has 0 amide bonds. The molecule has 0 spiro atoms. The van der Waals surface area contributed by atoms with Gasteiger partial charge in [-0.3, -0.25) is 4.98 Å². The van der Waals surface area contributed by atoms with E-state index in [1.807, 2.05) is 12.3 Å². The number of hydrogen-bond donors (Lipinski definition) is 0. The van der Waals surface area contributed by atoms with Crippen molar-refractivity contribution in [2.75, 3.05) is 0 Å². The normalized spacial score (nSPS) is 11.4. The summed E-state index contributed by atoms with van der Waals surface area (Å²) in [7, 11) is 0. The summed E-state index contributed by atoms with van der Waals surface area (Å²) in [5, 5.41) is 0. The summed E-state index contributed by atoms with van der Waals surface area (Å²) >= 11 is 3.39. The predicted molar refractivity (Wildman–Crippen MR) is 55.8 cm³/mol. The standard InChI is InChI=1S/C10H10BrNO/c1-6(2)7-3-4-12-9-8(11)5-13-10(7)9/h3-6H,1-2H3. The number of furan rings is 1. The largest absolute Gasteiger partial charge is 0.461 e. The van der Waals surface area contributed by atoms with E-state index in [2.05, 4.69) is 34.8 Å². The van der Waals surface area contributed by atoms with Gasteiger partial charge in [0.2, 0.25) is 0 Å². The van der Waals surface area contributed by atoms with Crippen molar-refractivity contribution in [3.05, 3.63) is 28.6 Å². The quantitative estimate of drug-likeness (QED) is 0.759. The zero-order chi connectivity index (χ0) is 9.42. The maximum absolute atomic E-state index is 5.43. The minimum atomic E-state index is 0.462. The summed E-state index contributed by atoms with van der Waals surface area (Å²) in [6.45, 7) is 4.29. The van der Waals surface area contributed by atoms with Gasteiger partial charge in [-0.2, -0.15) is 0 Å². The van der Waals surface area contributed by atoms with Crippen molar-refractivity contribution < 1.29 is 4.42 Å². The summed E-state index contributed by atoms with van der Waals surface area (Å²) in [4.78, 5) is 4.24. The van der Waals surface area contributed by atoms with Gasteiger partial charge < -0.3 is 4.42 Å². The second-order valence-corrected chi connectivity index (χ2v) is 4.17. The molecule has 0 aliphatic heterocycles. The van der Waals surface area contributed by atoms with Crippen LogP contribution in [0.15, 0.2) is 27.4 Å². The van der Waals surface area contributed by atoms with Crippen LogP contribution in [-0.4, -0.2) is 4.98 Å². The molecule has 2 heterocycles. The van der Waals surface area contributed by atoms with Gasteiger partial charge in [-0.15, -0.1) is 0 Å². The van der Waals surface area contributed by atoms with E-state index in [9.17, 15) is 0 Å². The monoisotopic (exact) mass is 239 g/mol. The predicted octanol–water partition coefficient (Wildman–Crippen LogP) is 3.71. The van der Waals surface area contributed by atoms with E-state index in [-0.39, 0.29) is 0 Å². The Morgan fingerprint density at radius 3 is 2.92 bits per heavy atom. The van der Waals surface area contributed by atoms with Crippen molar-refractivity contribution >= 4 is 27.0 Å². The third-order valence-electron chi connectivity index (χ3n) is 2.06. The Morgan fingerprint density at radius 1 is 1.46 bits per heavy atom. The van der Waals surface area contributed by atoms with E-state index in [0.29, 0.717) is 5.92 Å². The molecule has 0 fully saturated rings. The number of fused-ring (bicyclic) bond motifs is 1. The first-order chi connectivity index (χ1) is 6.20. The van der Waals surface area contributed by atoms with Gasteiger partial charge in [0, 0.05) is 11.8 Å². The van der Waals surface area contributed by atoms with Crippen LogP contribution in [0.5, 0.6) is 0 Å². The van der Waals surface area contributed by atoms with E-state index in [4.69, 9.17) is 4.42 Å². The number of hydrogen-bond acceptors (Lipinski definition) is 2. The highest BCUT2D eigenvalue weighted by molar-refractivity contribution is 9.10. The smallest absolute Gasteiger partial charge is 0.156 e. The number of halogens is 1. The number of rotatable bonds is 1. The molecule has 0 N–H and O–H groups in total. The van der Waals surface area contributed by atoms with E-state index >= 15 is 0 Å². The van der Waals surface area contributed by atoms with Gasteiger partial charge in [-0.05, 0) is 27.9 Å². The first-order valence-electron chi connectivity index (χ1n) is 4.21. The summed E-state index contributed by atoms with van der Waals surface area (Å²) in [6.07, 6.45) is 3.50. The van der Waals surface area contributed by atoms with Crippen LogP contribution in [0.2, 0.25) is 0 Å². The molecule has 0 aliphatic rings. The lowest BCUT2D eigenvalue weighted by Gasteiger charge is -2.03. The molecule has 0 aliphatic carbocycles. The van der Waals surface area contributed by atoms with Crippen LogP contribution < -0.4 is 0 Å². The van der Waals surface area contributed by atoms with Gasteiger partial charge in [-0.25, -0.2) is 0 Å². The fraction of sp³-hybridized carbons (Fsp3) is 0.300. The van der Waals surface area contributed by atoms with Crippen LogP contribution in [0.3, 0.4) is 0 Å². The van der Waals surface area contributed by atoms with Gasteiger partial charge in [0.15, 0.2) is 5.58 Å². The Morgan fingerprint density at radius 2 is 2.23 bits per heavy atom. The topological polar surface area (TPSA) is 26.0 Å². The maximum Gasteiger partial charge on any atom is 0.156 e. The molecule has 0 radical (unpaired) electrons. The molecule has 2 rings (SSSR count). The van der Waals surface area contributed by atoms with E-state index in [1.54, 1.807) is 6.26 Å². The molecule has 0 bridgehead atoms. The molecule has 0 unspecified atom stereocenters. The Balaban J connectivity index is 2.77. The average Bonchev–Trinajstić information content (AvgIpc) is 2.48. The third kappa shape index (κ3) is 1.37. The SMILES string of the molecule is CC(C)c1ccnc2c(Br)coc12. The molecule has 0 atom stereocenters. The highest BCUT2D eigenvalue weighted by Gasteiger charge is 2.11. The zero-order valence-corrected chi connectivity index (χ0v) is 9.13. The van der Waals surface area contributed by atoms with E-state index in [1.165, 1.54) is 5.56 Å². The van der Waals surface area contributed by atoms with Crippen LogP contribution in [0, 0.1) is 0 Å². The molecule has 0 saturated heterocycles. The first kappa shape index (κ1) is 8.75. The fourth-order valence-corrected chi connectivity index (χ4v) is 1.75. The molecule has 2 aromatic rings. The van der Waals surface area contributed by atoms with Crippen LogP contribution in [0.1, 0.15) is 25.3 Å². The number of nitrogens with zero attached hydrogens (tertiary/aromatic N) is 1. The zero-order valence-electron chi connectivity index (χ0n) is 7.54. The van der Waals surface area contributed by atoms with Crippen molar-refractivity contribution in [1.29, 1.82) is 0 Å². The molecule has 0 saturated carbocycles. The number of aromatic nitrogens is 1. The van der Waals surface area contributed by atoms with Crippen molar-refractivity contribution in [1.82, 2.24) is 4.98 Å². The van der Waals surface area contributed by atoms with Gasteiger partial charge in [0.25, 0.3) is 0 Å². The fourth-order valence-electron chi connectivity index (χ4n) is 1.38. The highest BCUT2D eigenvalue weighted by Crippen LogP contribution is 2.29. The van der Waals surface area contributed by atoms with Crippen LogP contribution in [-0.2, 0) is 0 Å². The lowest BCUT2D eigenvalue weighted by Crippen LogP contribution is -1.88. The van der Waals surface area contributed by atoms with Crippen molar-refractivity contribution in [3.63, 3.8) is 0 Å². The summed E-state index contributed by atoms with van der Waals surface area (Å²) in [5.74, 6) is 0.462. The summed E-state index contributed by atoms with van der Waals surface area (Å²) in [6, 6.07) is 2.00. The van der Waals surface area contributed by atoms with E-state index in [0.717, 1.165) is 15.6 Å². The lowest BCUT2D eigenvalue weighted by molar-refractivity contribution is 0.605. The van der Waals surface area contributed by atoms with Gasteiger partial charge in [0.1, 0.15) is 11.8 Å². The summed E-state index contributed by atoms with van der Waals surface area (Å²) in [5.41, 5.74) is 3.01. The first-order valence-corrected chi connectivity index (χ1v) is 5.01. The van der Waals surface area contributed by atoms with Gasteiger partial charge >= 0.3 is 0 Å². The van der Waals surface area contributed by atoms with Gasteiger partial charge in [0.05, 0.1) is 4.47 Å². The molecule has 68 valence electrons. The molecular weight excluding hydrogens is 230 g/mol. The van der Waals surface area contributed by atoms with Crippen molar-refractivity contribution in [2.24, 2.45) is 0 Å². The molecule has 2 aromatic heterocycles. The average molecular weight is 240 g/mol. The van der Waals surface area contributed by atoms with Crippen LogP contribution in [0.4, 0.5) is 0 Å². The second-order valence-electron chi connectivity index (χ2n) is 3.32. The molecular formula is C10H10BrNO. The van der Waals surface area contributed by atoms with Crippen molar-refractivity contribution in [2.45, 2.75) is 19.8 Å². The molecule has 0 aromatic carbocycles. The van der Waals surface area contributed by atoms with Crippen molar-refractivity contribution in [3.8, 4) is 0 Å². The maximum atomic E-state index is 5.43. The minimum absolute atomic E-state index is 0.462.